The number of alkyl carbamates (subject to hydrolysis) is 1. The third-order valence-corrected chi connectivity index (χ3v) is 4.54. The van der Waals surface area contributed by atoms with Crippen LogP contribution in [0.15, 0.2) is 10.5 Å². The van der Waals surface area contributed by atoms with Crippen molar-refractivity contribution in [3.05, 3.63) is 16.2 Å². The number of hydrogen-bond acceptors (Lipinski definition) is 6. The van der Waals surface area contributed by atoms with Gasteiger partial charge in [0.2, 0.25) is 0 Å². The van der Waals surface area contributed by atoms with E-state index in [0.717, 1.165) is 16.6 Å². The Morgan fingerprint density at radius 1 is 1.25 bits per heavy atom. The first-order chi connectivity index (χ1) is 13.1. The predicted molar refractivity (Wildman–Crippen MR) is 112 cm³/mol. The SMILES string of the molecule is COCCCOc1nc(CC(NC(=O)OC(C)(C)C)C(C)C)c(Br)cc1OC. The highest BCUT2D eigenvalue weighted by molar-refractivity contribution is 9.10. The van der Waals surface area contributed by atoms with Crippen LogP contribution in [0, 0.1) is 5.92 Å². The van der Waals surface area contributed by atoms with Crippen molar-refractivity contribution in [1.29, 1.82) is 0 Å². The summed E-state index contributed by atoms with van der Waals surface area (Å²) in [7, 11) is 3.23. The molecule has 7 nitrogen and oxygen atoms in total. The van der Waals surface area contributed by atoms with Gasteiger partial charge in [0, 0.05) is 43.1 Å². The third kappa shape index (κ3) is 8.65. The zero-order valence-electron chi connectivity index (χ0n) is 17.9. The number of rotatable bonds is 10. The van der Waals surface area contributed by atoms with Crippen molar-refractivity contribution < 1.29 is 23.7 Å². The van der Waals surface area contributed by atoms with E-state index in [1.807, 2.05) is 40.7 Å². The molecule has 0 radical (unpaired) electrons. The Bertz CT molecular complexity index is 632. The molecule has 28 heavy (non-hydrogen) atoms. The summed E-state index contributed by atoms with van der Waals surface area (Å²) in [5, 5.41) is 2.95. The number of halogens is 1. The number of carbonyl (C=O) groups is 1. The molecule has 1 unspecified atom stereocenters. The summed E-state index contributed by atoms with van der Waals surface area (Å²) >= 11 is 3.55. The van der Waals surface area contributed by atoms with Crippen LogP contribution >= 0.6 is 15.9 Å². The molecule has 0 aromatic carbocycles. The van der Waals surface area contributed by atoms with E-state index < -0.39 is 11.7 Å². The minimum Gasteiger partial charge on any atom is -0.491 e. The number of hydrogen-bond donors (Lipinski definition) is 1. The fraction of sp³-hybridized carbons (Fsp3) is 0.700. The maximum atomic E-state index is 12.2. The molecule has 1 rings (SSSR count). The second-order valence-corrected chi connectivity index (χ2v) is 8.67. The third-order valence-electron chi connectivity index (χ3n) is 3.85. The van der Waals surface area contributed by atoms with Gasteiger partial charge in [0.1, 0.15) is 5.60 Å². The molecule has 0 bridgehead atoms. The molecule has 0 aliphatic rings. The quantitative estimate of drug-likeness (QED) is 0.522. The Morgan fingerprint density at radius 2 is 1.93 bits per heavy atom. The molecule has 1 N–H and O–H groups in total. The van der Waals surface area contributed by atoms with Crippen molar-refractivity contribution in [3.63, 3.8) is 0 Å². The van der Waals surface area contributed by atoms with Crippen LogP contribution < -0.4 is 14.8 Å². The maximum absolute atomic E-state index is 12.2. The van der Waals surface area contributed by atoms with Gasteiger partial charge in [0.05, 0.1) is 19.4 Å². The Kier molecular flexibility index (Phi) is 10.0. The van der Waals surface area contributed by atoms with E-state index >= 15 is 0 Å². The molecule has 8 heteroatoms. The zero-order valence-corrected chi connectivity index (χ0v) is 19.5. The summed E-state index contributed by atoms with van der Waals surface area (Å²) in [6, 6.07) is 1.69. The minimum absolute atomic E-state index is 0.145. The number of aromatic nitrogens is 1. The van der Waals surface area contributed by atoms with Crippen LogP contribution in [0.5, 0.6) is 11.6 Å². The molecular weight excluding hydrogens is 428 g/mol. The van der Waals surface area contributed by atoms with Crippen LogP contribution in [0.3, 0.4) is 0 Å². The number of methoxy groups -OCH3 is 2. The van der Waals surface area contributed by atoms with Crippen molar-refractivity contribution in [3.8, 4) is 11.6 Å². The van der Waals surface area contributed by atoms with Crippen LogP contribution in [0.1, 0.15) is 46.7 Å². The van der Waals surface area contributed by atoms with Gasteiger partial charge in [0.25, 0.3) is 5.88 Å². The van der Waals surface area contributed by atoms with Crippen LogP contribution in [-0.2, 0) is 15.9 Å². The van der Waals surface area contributed by atoms with Gasteiger partial charge in [-0.15, -0.1) is 0 Å². The van der Waals surface area contributed by atoms with E-state index in [4.69, 9.17) is 18.9 Å². The fourth-order valence-corrected chi connectivity index (χ4v) is 2.84. The smallest absolute Gasteiger partial charge is 0.407 e. The number of pyridine rings is 1. The lowest BCUT2D eigenvalue weighted by atomic mass is 9.99. The fourth-order valence-electron chi connectivity index (χ4n) is 2.38. The molecule has 0 spiro atoms. The average molecular weight is 461 g/mol. The van der Waals surface area contributed by atoms with Crippen molar-refractivity contribution >= 4 is 22.0 Å². The van der Waals surface area contributed by atoms with Crippen LogP contribution in [0.25, 0.3) is 0 Å². The first kappa shape index (κ1) is 24.5. The zero-order chi connectivity index (χ0) is 21.3. The van der Waals surface area contributed by atoms with Gasteiger partial charge < -0.3 is 24.3 Å². The summed E-state index contributed by atoms with van der Waals surface area (Å²) in [5.41, 5.74) is 0.227. The number of nitrogens with one attached hydrogen (secondary N) is 1. The van der Waals surface area contributed by atoms with E-state index in [1.54, 1.807) is 14.2 Å². The largest absolute Gasteiger partial charge is 0.491 e. The standard InChI is InChI=1S/C20H33BrN2O5/c1-13(2)15(23-19(24)28-20(3,4)5)12-16-14(21)11-17(26-7)18(22-16)27-10-8-9-25-6/h11,13,15H,8-10,12H2,1-7H3,(H,23,24). The molecule has 1 atom stereocenters. The monoisotopic (exact) mass is 460 g/mol. The molecule has 0 saturated carbocycles. The van der Waals surface area contributed by atoms with Crippen molar-refractivity contribution in [2.45, 2.75) is 59.1 Å². The normalized spacial score (nSPS) is 12.6. The lowest BCUT2D eigenvalue weighted by Gasteiger charge is -2.26. The van der Waals surface area contributed by atoms with Gasteiger partial charge in [-0.2, -0.15) is 0 Å². The lowest BCUT2D eigenvalue weighted by molar-refractivity contribution is 0.0490. The van der Waals surface area contributed by atoms with Crippen LogP contribution in [-0.4, -0.2) is 50.2 Å². The summed E-state index contributed by atoms with van der Waals surface area (Å²) in [5.74, 6) is 1.17. The predicted octanol–water partition coefficient (Wildman–Crippen LogP) is 4.36. The summed E-state index contributed by atoms with van der Waals surface area (Å²) in [6.07, 6.45) is 0.837. The minimum atomic E-state index is -0.548. The topological polar surface area (TPSA) is 78.9 Å². The van der Waals surface area contributed by atoms with Gasteiger partial charge >= 0.3 is 6.09 Å². The van der Waals surface area contributed by atoms with Crippen LogP contribution in [0.4, 0.5) is 4.79 Å². The molecule has 1 aromatic heterocycles. The second kappa shape index (κ2) is 11.5. The molecule has 1 heterocycles. The number of carbonyl (C=O) groups excluding carboxylic acids is 1. The van der Waals surface area contributed by atoms with E-state index in [0.29, 0.717) is 31.3 Å². The first-order valence-electron chi connectivity index (χ1n) is 9.42. The van der Waals surface area contributed by atoms with Gasteiger partial charge in [-0.25, -0.2) is 9.78 Å². The number of nitrogens with zero attached hydrogens (tertiary/aromatic N) is 1. The highest BCUT2D eigenvalue weighted by Gasteiger charge is 2.24. The average Bonchev–Trinajstić information content (AvgIpc) is 2.58. The molecule has 1 amide bonds. The molecule has 0 fully saturated rings. The molecule has 0 aliphatic heterocycles. The Hall–Kier alpha value is -1.54. The van der Waals surface area contributed by atoms with Gasteiger partial charge in [-0.3, -0.25) is 0 Å². The molecule has 160 valence electrons. The summed E-state index contributed by atoms with van der Waals surface area (Å²) < 4.78 is 22.4. The molecule has 0 saturated heterocycles. The second-order valence-electron chi connectivity index (χ2n) is 7.82. The molecule has 1 aromatic rings. The van der Waals surface area contributed by atoms with Gasteiger partial charge in [-0.1, -0.05) is 13.8 Å². The van der Waals surface area contributed by atoms with E-state index in [9.17, 15) is 4.79 Å². The maximum Gasteiger partial charge on any atom is 0.407 e. The van der Waals surface area contributed by atoms with Gasteiger partial charge in [0.15, 0.2) is 5.75 Å². The lowest BCUT2D eigenvalue weighted by Crippen LogP contribution is -2.43. The molecular formula is C20H33BrN2O5. The summed E-state index contributed by atoms with van der Waals surface area (Å²) in [6.45, 7) is 10.7. The number of amides is 1. The number of ether oxygens (including phenoxy) is 4. The Balaban J connectivity index is 2.94. The highest BCUT2D eigenvalue weighted by atomic mass is 79.9. The van der Waals surface area contributed by atoms with Crippen molar-refractivity contribution in [2.75, 3.05) is 27.4 Å². The Labute approximate surface area is 176 Å². The summed E-state index contributed by atoms with van der Waals surface area (Å²) in [4.78, 5) is 16.8. The van der Waals surface area contributed by atoms with E-state index in [2.05, 4.69) is 26.2 Å². The van der Waals surface area contributed by atoms with Gasteiger partial charge in [-0.05, 0) is 42.6 Å². The van der Waals surface area contributed by atoms with Crippen LogP contribution in [0.2, 0.25) is 0 Å². The van der Waals surface area contributed by atoms with E-state index in [-0.39, 0.29) is 12.0 Å². The van der Waals surface area contributed by atoms with E-state index in [1.165, 1.54) is 0 Å². The highest BCUT2D eigenvalue weighted by Crippen LogP contribution is 2.31. The molecule has 0 aliphatic carbocycles. The first-order valence-corrected chi connectivity index (χ1v) is 10.2. The Morgan fingerprint density at radius 3 is 2.46 bits per heavy atom. The van der Waals surface area contributed by atoms with Crippen molar-refractivity contribution in [2.24, 2.45) is 5.92 Å². The van der Waals surface area contributed by atoms with Crippen molar-refractivity contribution in [1.82, 2.24) is 10.3 Å².